The lowest BCUT2D eigenvalue weighted by Gasteiger charge is -2.21. The van der Waals surface area contributed by atoms with Crippen LogP contribution in [0, 0.1) is 27.7 Å². The number of amides is 5. The van der Waals surface area contributed by atoms with Crippen molar-refractivity contribution >= 4 is 152 Å². The Morgan fingerprint density at radius 2 is 0.735 bits per heavy atom. The van der Waals surface area contributed by atoms with E-state index < -0.39 is 46.2 Å². The van der Waals surface area contributed by atoms with E-state index in [4.69, 9.17) is 51.1 Å². The van der Waals surface area contributed by atoms with Gasteiger partial charge in [0.2, 0.25) is 10.0 Å². The molecule has 0 aliphatic carbocycles. The largest absolute Gasteiger partial charge is 0.453 e. The molecule has 0 saturated heterocycles. The maximum absolute atomic E-state index is 13.4. The number of carbonyl (C=O) groups is 5. The van der Waals surface area contributed by atoms with E-state index in [1.54, 1.807) is 220 Å². The van der Waals surface area contributed by atoms with Crippen LogP contribution >= 0.6 is 46.4 Å². The Hall–Kier alpha value is -14.6. The van der Waals surface area contributed by atoms with Crippen LogP contribution < -0.4 is 53.5 Å². The van der Waals surface area contributed by atoms with Crippen molar-refractivity contribution in [2.75, 3.05) is 40.2 Å². The Balaban J connectivity index is 0.000000142. The summed E-state index contributed by atoms with van der Waals surface area (Å²) in [5.74, 6) is -1.09. The molecule has 4 aromatic carbocycles. The second kappa shape index (κ2) is 40.2. The van der Waals surface area contributed by atoms with Gasteiger partial charge in [0.05, 0.1) is 115 Å². The SMILES string of the molecule is COC(=O)NCCn1c([C@H](C)NC(=O)c2c(C)nn3cccnc23)cc2cccc(Cl)c2c1=O.COCCn1c([C@H](C)NC(=O)c2c(C)nn3cccnc23)cc2cccc(Cl)c2c1=O.Cc1nn2cccnc2c1C(=O)N[C@@H](C)c1cc2cccc(Cl)c2c(=O)n1CCNS(C)(=O)=O.Cc1nn2cccnc2c1C(=O)N[C@@H](C)c1cc2cccc(Cl)c2c(=O)n1Cc1nn[nH]n1. The number of methoxy groups -OCH3 is 2. The normalized spacial score (nSPS) is 12.4. The van der Waals surface area contributed by atoms with E-state index in [1.807, 2.05) is 31.2 Å². The number of sulfonamides is 1. The lowest BCUT2D eigenvalue weighted by atomic mass is 10.1. The quantitative estimate of drug-likeness (QED) is 0.0295. The molecule has 132 heavy (non-hydrogen) atoms. The van der Waals surface area contributed by atoms with Gasteiger partial charge in [-0.15, -0.1) is 10.2 Å². The van der Waals surface area contributed by atoms with E-state index in [0.29, 0.717) is 167 Å². The topological polar surface area (TPSA) is 473 Å². The molecule has 680 valence electrons. The highest BCUT2D eigenvalue weighted by Crippen LogP contribution is 2.31. The molecule has 44 heteroatoms. The first-order valence-electron chi connectivity index (χ1n) is 40.9. The highest BCUT2D eigenvalue weighted by atomic mass is 35.5. The standard InChI is InChI=1S/C23H23ClN6O4.C22H23ClN6O4S.C22H22ClN5O3.C21H18ClN9O2/c1-13(27-21(31)18-14(2)28-30-10-5-8-25-20(18)30)17-12-15-6-4-7-16(24)19(15)22(32)29(17)11-9-26-23(33)34-3;1-13(26-21(30)18-14(2)27-29-10-5-8-24-20(18)29)17-12-15-6-4-7-16(23)19(15)22(31)28(17)11-9-25-34(3,32)33;1-13(25-21(29)18-14(2)26-28-9-5-8-24-20(18)28)17-12-15-6-4-7-16(23)19(15)22(30)27(17)10-11-31-3;1-11(24-20(32)17-12(2)27-31-8-4-7-23-19(17)31)15-9-13-5-3-6-14(22)18(13)21(33)30(15)10-16-25-28-29-26-16/h4-8,10,12-13H,9,11H2,1-3H3,(H,26,33)(H,27,31);4-8,10,12-13,25H,9,11H2,1-3H3,(H,26,30);4-9,12-13H,10-11H2,1-3H3,(H,25,29);3-9,11H,10H2,1-2H3,(H,24,32)(H,25,26,28,29)/t3*13-;11-/m0000/s1. The molecular weight excluding hydrogens is 1800 g/mol. The van der Waals surface area contributed by atoms with Crippen molar-refractivity contribution in [3.05, 3.63) is 306 Å². The van der Waals surface area contributed by atoms with Crippen LogP contribution in [0.25, 0.3) is 65.7 Å². The molecule has 13 aromatic heterocycles. The summed E-state index contributed by atoms with van der Waals surface area (Å²) in [5, 5.41) is 51.1. The lowest BCUT2D eigenvalue weighted by molar-refractivity contribution is 0.0930. The smallest absolute Gasteiger partial charge is 0.406 e. The van der Waals surface area contributed by atoms with Gasteiger partial charge in [0, 0.05) is 112 Å². The molecule has 17 rings (SSSR count). The minimum Gasteiger partial charge on any atom is -0.453 e. The highest BCUT2D eigenvalue weighted by molar-refractivity contribution is 7.88. The first-order chi connectivity index (χ1) is 63.2. The van der Waals surface area contributed by atoms with Crippen molar-refractivity contribution in [1.29, 1.82) is 0 Å². The zero-order chi connectivity index (χ0) is 94.3. The number of fused-ring (bicyclic) bond motifs is 8. The summed E-state index contributed by atoms with van der Waals surface area (Å²) in [6.07, 6.45) is 13.7. The summed E-state index contributed by atoms with van der Waals surface area (Å²) < 4.78 is 47.4. The number of hydrogen-bond donors (Lipinski definition) is 7. The number of benzene rings is 4. The van der Waals surface area contributed by atoms with Gasteiger partial charge in [-0.05, 0) is 150 Å². The Morgan fingerprint density at radius 1 is 0.432 bits per heavy atom. The number of nitrogens with one attached hydrogen (secondary N) is 7. The molecule has 39 nitrogen and oxygen atoms in total. The number of aromatic amines is 1. The molecule has 0 unspecified atom stereocenters. The van der Waals surface area contributed by atoms with Crippen molar-refractivity contribution < 1.29 is 41.9 Å². The first-order valence-corrected chi connectivity index (χ1v) is 44.3. The Morgan fingerprint density at radius 3 is 1.03 bits per heavy atom. The predicted octanol–water partition coefficient (Wildman–Crippen LogP) is 10.1. The number of pyridine rings is 4. The minimum atomic E-state index is -3.44. The number of H-pyrrole nitrogens is 1. The zero-order valence-corrected chi connectivity index (χ0v) is 76.5. The number of halogens is 4. The van der Waals surface area contributed by atoms with E-state index in [9.17, 15) is 51.6 Å². The van der Waals surface area contributed by atoms with Crippen molar-refractivity contribution in [1.82, 2.24) is 129 Å². The van der Waals surface area contributed by atoms with Gasteiger partial charge in [-0.2, -0.15) is 25.6 Å². The summed E-state index contributed by atoms with van der Waals surface area (Å²) in [7, 11) is -0.607. The second-order valence-electron chi connectivity index (χ2n) is 30.4. The Kier molecular flexibility index (Phi) is 28.5. The van der Waals surface area contributed by atoms with Crippen LogP contribution in [-0.4, -0.2) is 176 Å². The third-order valence-corrected chi connectivity index (χ3v) is 23.5. The zero-order valence-electron chi connectivity index (χ0n) is 72.6. The molecule has 0 bridgehead atoms. The Labute approximate surface area is 769 Å². The number of aromatic nitrogens is 20. The third-order valence-electron chi connectivity index (χ3n) is 21.5. The molecule has 4 atom stereocenters. The van der Waals surface area contributed by atoms with Crippen molar-refractivity contribution in [3.63, 3.8) is 0 Å². The summed E-state index contributed by atoms with van der Waals surface area (Å²) in [5.41, 5.74) is 6.51. The number of rotatable bonds is 24. The van der Waals surface area contributed by atoms with Gasteiger partial charge in [-0.1, -0.05) is 100 Å². The summed E-state index contributed by atoms with van der Waals surface area (Å²) in [4.78, 5) is 135. The number of tetrazole rings is 1. The van der Waals surface area contributed by atoms with Gasteiger partial charge in [0.15, 0.2) is 28.4 Å². The maximum Gasteiger partial charge on any atom is 0.406 e. The molecular formula is C88H86Cl4N26O13S. The molecule has 0 spiro atoms. The van der Waals surface area contributed by atoms with Crippen LogP contribution in [0.15, 0.2) is 190 Å². The van der Waals surface area contributed by atoms with E-state index in [2.05, 4.69) is 97.0 Å². The summed E-state index contributed by atoms with van der Waals surface area (Å²) in [6.45, 7) is 15.2. The van der Waals surface area contributed by atoms with Gasteiger partial charge in [-0.25, -0.2) is 55.9 Å². The van der Waals surface area contributed by atoms with Crippen molar-refractivity contribution in [2.45, 2.75) is 106 Å². The molecule has 7 N–H and O–H groups in total. The average Bonchev–Trinajstić information content (AvgIpc) is 1.23. The molecule has 13 heterocycles. The molecule has 0 radical (unpaired) electrons. The molecule has 0 aliphatic heterocycles. The van der Waals surface area contributed by atoms with Crippen LogP contribution in [0.2, 0.25) is 20.1 Å². The van der Waals surface area contributed by atoms with Crippen LogP contribution in [-0.2, 0) is 45.7 Å². The monoisotopic (exact) mass is 1890 g/mol. The molecule has 0 aliphatic rings. The van der Waals surface area contributed by atoms with Gasteiger partial charge >= 0.3 is 6.09 Å². The maximum atomic E-state index is 13.4. The number of aryl methyl sites for hydroxylation is 4. The number of ether oxygens (including phenoxy) is 2. The average molecular weight is 1890 g/mol. The Bertz CT molecular complexity index is 7740. The number of nitrogens with zero attached hydrogens (tertiary/aromatic N) is 19. The van der Waals surface area contributed by atoms with E-state index in [0.717, 1.165) is 11.6 Å². The van der Waals surface area contributed by atoms with Crippen LogP contribution in [0.1, 0.15) is 145 Å². The number of alkyl carbamates (subject to hydrolysis) is 1. The van der Waals surface area contributed by atoms with E-state index in [1.165, 1.54) is 25.3 Å². The fraction of sp³-hybridized carbons (Fsp3) is 0.250. The van der Waals surface area contributed by atoms with Crippen LogP contribution in [0.4, 0.5) is 4.79 Å². The number of hydrogen-bond acceptors (Lipinski definition) is 24. The highest BCUT2D eigenvalue weighted by Gasteiger charge is 2.30. The molecule has 0 saturated carbocycles. The molecule has 5 amide bonds. The minimum absolute atomic E-state index is 0.000554. The van der Waals surface area contributed by atoms with Gasteiger partial charge in [0.1, 0.15) is 22.3 Å². The first kappa shape index (κ1) is 93.6. The fourth-order valence-electron chi connectivity index (χ4n) is 15.5. The van der Waals surface area contributed by atoms with Gasteiger partial charge in [-0.3, -0.25) is 38.4 Å². The lowest BCUT2D eigenvalue weighted by Crippen LogP contribution is -2.36. The predicted molar refractivity (Wildman–Crippen MR) is 496 cm³/mol. The second-order valence-corrected chi connectivity index (χ2v) is 33.9. The van der Waals surface area contributed by atoms with Gasteiger partial charge < -0.3 is 54.3 Å². The molecule has 0 fully saturated rings. The third kappa shape index (κ3) is 19.9. The summed E-state index contributed by atoms with van der Waals surface area (Å²) >= 11 is 25.2. The van der Waals surface area contributed by atoms with E-state index >= 15 is 0 Å². The van der Waals surface area contributed by atoms with Crippen LogP contribution in [0.5, 0.6) is 0 Å². The number of carbonyl (C=O) groups excluding carboxylic acids is 5. The van der Waals surface area contributed by atoms with Crippen molar-refractivity contribution in [2.24, 2.45) is 0 Å². The van der Waals surface area contributed by atoms with Gasteiger partial charge in [0.25, 0.3) is 45.9 Å². The summed E-state index contributed by atoms with van der Waals surface area (Å²) in [6, 6.07) is 32.9. The van der Waals surface area contributed by atoms with E-state index in [-0.39, 0.29) is 72.7 Å². The fourth-order valence-corrected chi connectivity index (χ4v) is 17.0. The van der Waals surface area contributed by atoms with Crippen LogP contribution in [0.3, 0.4) is 0 Å². The molecule has 17 aromatic rings. The van der Waals surface area contributed by atoms with Crippen molar-refractivity contribution in [3.8, 4) is 0 Å².